The van der Waals surface area contributed by atoms with Crippen LogP contribution in [0.1, 0.15) is 0 Å². The molecule has 1 aromatic heterocycles. The fourth-order valence-electron chi connectivity index (χ4n) is 1.84. The van der Waals surface area contributed by atoms with Crippen molar-refractivity contribution < 1.29 is 4.39 Å². The monoisotopic (exact) mass is 411 g/mol. The number of aromatic nitrogens is 1. The Hall–Kier alpha value is -1.04. The van der Waals surface area contributed by atoms with Gasteiger partial charge in [0.15, 0.2) is 0 Å². The van der Waals surface area contributed by atoms with Crippen molar-refractivity contribution in [2.24, 2.45) is 0 Å². The molecular weight excluding hydrogens is 405 g/mol. The topological polar surface area (TPSA) is 12.9 Å². The molecule has 0 saturated heterocycles. The van der Waals surface area contributed by atoms with Crippen molar-refractivity contribution in [3.05, 3.63) is 62.6 Å². The Morgan fingerprint density at radius 2 is 1.90 bits per heavy atom. The molecule has 0 amide bonds. The fraction of sp³-hybridized carbons (Fsp3) is 0. The van der Waals surface area contributed by atoms with E-state index in [1.165, 1.54) is 23.5 Å². The molecule has 5 heteroatoms. The largest absolute Gasteiger partial charge is 0.236 e. The van der Waals surface area contributed by atoms with Crippen LogP contribution in [0.25, 0.3) is 21.8 Å². The lowest BCUT2D eigenvalue weighted by atomic mass is 10.2. The molecule has 0 aliphatic carbocycles. The van der Waals surface area contributed by atoms with Gasteiger partial charge in [-0.05, 0) is 30.3 Å². The van der Waals surface area contributed by atoms with E-state index in [1.54, 1.807) is 6.07 Å². The van der Waals surface area contributed by atoms with Crippen LogP contribution in [0.3, 0.4) is 0 Å². The quantitative estimate of drug-likeness (QED) is 0.492. The van der Waals surface area contributed by atoms with Crippen molar-refractivity contribution in [1.29, 1.82) is 0 Å². The van der Waals surface area contributed by atoms with Crippen LogP contribution in [-0.4, -0.2) is 4.98 Å². The smallest absolute Gasteiger partial charge is 0.125 e. The van der Waals surface area contributed by atoms with Crippen molar-refractivity contribution in [3.8, 4) is 21.8 Å². The molecule has 0 unspecified atom stereocenters. The first-order valence-corrected chi connectivity index (χ1v) is 8.27. The lowest BCUT2D eigenvalue weighted by Crippen LogP contribution is -1.83. The molecule has 0 aliphatic heterocycles. The van der Waals surface area contributed by atoms with Crippen LogP contribution < -0.4 is 0 Å². The van der Waals surface area contributed by atoms with Crippen molar-refractivity contribution in [3.63, 3.8) is 0 Å². The van der Waals surface area contributed by atoms with E-state index in [0.29, 0.717) is 0 Å². The zero-order valence-corrected chi connectivity index (χ0v) is 14.1. The maximum Gasteiger partial charge on any atom is 0.125 e. The molecule has 0 atom stereocenters. The number of nitrogens with zero attached hydrogens (tertiary/aromatic N) is 1. The number of thiazole rings is 1. The zero-order chi connectivity index (χ0) is 14.1. The van der Waals surface area contributed by atoms with Crippen LogP contribution in [0.15, 0.2) is 56.8 Å². The first-order valence-electron chi connectivity index (χ1n) is 5.80. The summed E-state index contributed by atoms with van der Waals surface area (Å²) in [4.78, 5) is 4.59. The second-order valence-electron chi connectivity index (χ2n) is 4.17. The first-order chi connectivity index (χ1) is 9.63. The standard InChI is InChI=1S/C15H8Br2FNS/c16-10-3-1-2-9(6-10)14-8-20-15(19-14)12-7-11(18)4-5-13(12)17/h1-8H. The van der Waals surface area contributed by atoms with Crippen LogP contribution in [0, 0.1) is 5.82 Å². The second-order valence-corrected chi connectivity index (χ2v) is 6.80. The summed E-state index contributed by atoms with van der Waals surface area (Å²) in [5.74, 6) is -0.262. The normalized spacial score (nSPS) is 10.8. The molecule has 1 nitrogen and oxygen atoms in total. The highest BCUT2D eigenvalue weighted by atomic mass is 79.9. The Balaban J connectivity index is 2.04. The minimum atomic E-state index is -0.262. The molecule has 0 radical (unpaired) electrons. The SMILES string of the molecule is Fc1ccc(Br)c(-c2nc(-c3cccc(Br)c3)cs2)c1. The highest BCUT2D eigenvalue weighted by Gasteiger charge is 2.10. The minimum absolute atomic E-state index is 0.262. The summed E-state index contributed by atoms with van der Waals surface area (Å²) in [5, 5.41) is 2.78. The van der Waals surface area contributed by atoms with Crippen LogP contribution in [0.2, 0.25) is 0 Å². The summed E-state index contributed by atoms with van der Waals surface area (Å²) in [7, 11) is 0. The van der Waals surface area contributed by atoms with Gasteiger partial charge in [0.25, 0.3) is 0 Å². The molecule has 0 saturated carbocycles. The average Bonchev–Trinajstić information content (AvgIpc) is 2.91. The lowest BCUT2D eigenvalue weighted by molar-refractivity contribution is 0.628. The van der Waals surface area contributed by atoms with Gasteiger partial charge < -0.3 is 0 Å². The van der Waals surface area contributed by atoms with E-state index in [-0.39, 0.29) is 5.82 Å². The Bertz CT molecular complexity index is 770. The van der Waals surface area contributed by atoms with Gasteiger partial charge in [-0.1, -0.05) is 44.0 Å². The summed E-state index contributed by atoms with van der Waals surface area (Å²) in [6.07, 6.45) is 0. The minimum Gasteiger partial charge on any atom is -0.236 e. The Morgan fingerprint density at radius 3 is 2.70 bits per heavy atom. The first kappa shape index (κ1) is 13.9. The van der Waals surface area contributed by atoms with Gasteiger partial charge in [0.05, 0.1) is 5.69 Å². The predicted octanol–water partition coefficient (Wildman–Crippen LogP) is 6.14. The van der Waals surface area contributed by atoms with Crippen molar-refractivity contribution in [2.75, 3.05) is 0 Å². The zero-order valence-electron chi connectivity index (χ0n) is 10.1. The van der Waals surface area contributed by atoms with Gasteiger partial charge in [-0.15, -0.1) is 11.3 Å². The summed E-state index contributed by atoms with van der Waals surface area (Å²) >= 11 is 8.39. The average molecular weight is 413 g/mol. The molecule has 20 heavy (non-hydrogen) atoms. The Kier molecular flexibility index (Phi) is 4.01. The third kappa shape index (κ3) is 2.85. The number of hydrogen-bond acceptors (Lipinski definition) is 2. The van der Waals surface area contributed by atoms with Crippen LogP contribution >= 0.6 is 43.2 Å². The van der Waals surface area contributed by atoms with Gasteiger partial charge in [-0.3, -0.25) is 0 Å². The third-order valence-corrected chi connectivity index (χ3v) is 4.84. The Labute approximate surface area is 136 Å². The van der Waals surface area contributed by atoms with Gasteiger partial charge in [0.1, 0.15) is 10.8 Å². The van der Waals surface area contributed by atoms with E-state index < -0.39 is 0 Å². The molecular formula is C15H8Br2FNS. The van der Waals surface area contributed by atoms with Gasteiger partial charge in [-0.25, -0.2) is 9.37 Å². The molecule has 3 rings (SSSR count). The fourth-order valence-corrected chi connectivity index (χ4v) is 3.66. The maximum absolute atomic E-state index is 13.4. The molecule has 1 heterocycles. The maximum atomic E-state index is 13.4. The van der Waals surface area contributed by atoms with Gasteiger partial charge in [0.2, 0.25) is 0 Å². The number of hydrogen-bond donors (Lipinski definition) is 0. The summed E-state index contributed by atoms with van der Waals surface area (Å²) in [6.45, 7) is 0. The number of halogens is 3. The molecule has 3 aromatic rings. The van der Waals surface area contributed by atoms with Gasteiger partial charge >= 0.3 is 0 Å². The predicted molar refractivity (Wildman–Crippen MR) is 88.3 cm³/mol. The number of rotatable bonds is 2. The highest BCUT2D eigenvalue weighted by molar-refractivity contribution is 9.10. The number of benzene rings is 2. The molecule has 0 fully saturated rings. The molecule has 0 aliphatic rings. The van der Waals surface area contributed by atoms with Crippen molar-refractivity contribution >= 4 is 43.2 Å². The molecule has 0 N–H and O–H groups in total. The molecule has 0 bridgehead atoms. The summed E-state index contributed by atoms with van der Waals surface area (Å²) in [6, 6.07) is 12.6. The highest BCUT2D eigenvalue weighted by Crippen LogP contribution is 2.34. The van der Waals surface area contributed by atoms with Gasteiger partial charge in [0, 0.05) is 25.5 Å². The van der Waals surface area contributed by atoms with E-state index in [2.05, 4.69) is 36.8 Å². The van der Waals surface area contributed by atoms with Crippen LogP contribution in [-0.2, 0) is 0 Å². The van der Waals surface area contributed by atoms with Crippen LogP contribution in [0.4, 0.5) is 4.39 Å². The van der Waals surface area contributed by atoms with E-state index in [1.807, 2.05) is 29.6 Å². The third-order valence-electron chi connectivity index (χ3n) is 2.78. The lowest BCUT2D eigenvalue weighted by Gasteiger charge is -2.01. The van der Waals surface area contributed by atoms with E-state index >= 15 is 0 Å². The molecule has 2 aromatic carbocycles. The van der Waals surface area contributed by atoms with E-state index in [4.69, 9.17) is 0 Å². The van der Waals surface area contributed by atoms with E-state index in [9.17, 15) is 4.39 Å². The van der Waals surface area contributed by atoms with E-state index in [0.717, 1.165) is 30.8 Å². The van der Waals surface area contributed by atoms with Gasteiger partial charge in [-0.2, -0.15) is 0 Å². The van der Waals surface area contributed by atoms with Crippen molar-refractivity contribution in [1.82, 2.24) is 4.98 Å². The summed E-state index contributed by atoms with van der Waals surface area (Å²) < 4.78 is 15.2. The Morgan fingerprint density at radius 1 is 1.05 bits per heavy atom. The summed E-state index contributed by atoms with van der Waals surface area (Å²) in [5.41, 5.74) is 2.70. The van der Waals surface area contributed by atoms with Crippen molar-refractivity contribution in [2.45, 2.75) is 0 Å². The van der Waals surface area contributed by atoms with Crippen LogP contribution in [0.5, 0.6) is 0 Å². The molecule has 0 spiro atoms. The molecule has 100 valence electrons. The second kappa shape index (κ2) is 5.76.